The predicted octanol–water partition coefficient (Wildman–Crippen LogP) is 0.763. The fourth-order valence-electron chi connectivity index (χ4n) is 1.07. The number of rotatable bonds is 6. The maximum absolute atomic E-state index is 11.2. The summed E-state index contributed by atoms with van der Waals surface area (Å²) in [6.45, 7) is 3.73. The zero-order valence-corrected chi connectivity index (χ0v) is 8.99. The summed E-state index contributed by atoms with van der Waals surface area (Å²) in [7, 11) is 0. The smallest absolute Gasteiger partial charge is 0.303 e. The molecule has 1 amide bonds. The van der Waals surface area contributed by atoms with E-state index in [2.05, 4.69) is 5.32 Å². The summed E-state index contributed by atoms with van der Waals surface area (Å²) in [5, 5.41) is 19.5. The van der Waals surface area contributed by atoms with Crippen LogP contribution in [0.15, 0.2) is 0 Å². The molecule has 0 aromatic heterocycles. The number of carboxylic acid groups (broad SMARTS) is 1. The van der Waals surface area contributed by atoms with Crippen LogP contribution in [0.5, 0.6) is 0 Å². The summed E-state index contributed by atoms with van der Waals surface area (Å²) < 4.78 is 0. The molecule has 0 heterocycles. The third kappa shape index (κ3) is 7.50. The van der Waals surface area contributed by atoms with Crippen LogP contribution in [0.25, 0.3) is 0 Å². The molecule has 0 aromatic carbocycles. The van der Waals surface area contributed by atoms with E-state index in [1.54, 1.807) is 13.8 Å². The fraction of sp³-hybridized carbons (Fsp3) is 0.700. The van der Waals surface area contributed by atoms with Gasteiger partial charge in [-0.1, -0.05) is 6.92 Å². The van der Waals surface area contributed by atoms with Crippen molar-refractivity contribution in [2.24, 2.45) is 11.8 Å². The van der Waals surface area contributed by atoms with E-state index >= 15 is 0 Å². The zero-order valence-electron chi connectivity index (χ0n) is 8.99. The first-order valence-electron chi connectivity index (χ1n) is 4.83. The van der Waals surface area contributed by atoms with Crippen LogP contribution >= 0.6 is 0 Å². The van der Waals surface area contributed by atoms with Crippen molar-refractivity contribution in [1.82, 2.24) is 5.32 Å². The Labute approximate surface area is 89.1 Å². The SMILES string of the molecule is CC(C#N)CNC(=O)CC(C)CC(=O)O. The van der Waals surface area contributed by atoms with Gasteiger partial charge in [-0.2, -0.15) is 5.26 Å². The van der Waals surface area contributed by atoms with E-state index in [1.807, 2.05) is 6.07 Å². The molecule has 2 unspecified atom stereocenters. The molecule has 0 rings (SSSR count). The molecule has 0 saturated carbocycles. The van der Waals surface area contributed by atoms with Crippen molar-refractivity contribution in [2.45, 2.75) is 26.7 Å². The minimum absolute atomic E-state index is 0.0127. The van der Waals surface area contributed by atoms with Crippen molar-refractivity contribution >= 4 is 11.9 Å². The van der Waals surface area contributed by atoms with Crippen molar-refractivity contribution in [2.75, 3.05) is 6.54 Å². The number of nitriles is 1. The molecular formula is C10H16N2O3. The van der Waals surface area contributed by atoms with Gasteiger partial charge in [-0.3, -0.25) is 9.59 Å². The van der Waals surface area contributed by atoms with Gasteiger partial charge in [0.05, 0.1) is 12.0 Å². The van der Waals surface area contributed by atoms with E-state index in [-0.39, 0.29) is 30.6 Å². The zero-order chi connectivity index (χ0) is 11.8. The molecule has 0 aromatic rings. The van der Waals surface area contributed by atoms with Gasteiger partial charge >= 0.3 is 5.97 Å². The lowest BCUT2D eigenvalue weighted by Crippen LogP contribution is -2.29. The van der Waals surface area contributed by atoms with Crippen molar-refractivity contribution in [3.05, 3.63) is 0 Å². The Morgan fingerprint density at radius 3 is 2.47 bits per heavy atom. The lowest BCUT2D eigenvalue weighted by Gasteiger charge is -2.09. The highest BCUT2D eigenvalue weighted by Crippen LogP contribution is 2.06. The van der Waals surface area contributed by atoms with Gasteiger partial charge in [0, 0.05) is 19.4 Å². The Hall–Kier alpha value is -1.57. The second-order valence-corrected chi connectivity index (χ2v) is 3.74. The first-order valence-corrected chi connectivity index (χ1v) is 4.83. The summed E-state index contributed by atoms with van der Waals surface area (Å²) in [4.78, 5) is 21.6. The Balaban J connectivity index is 3.75. The molecule has 15 heavy (non-hydrogen) atoms. The Bertz CT molecular complexity index is 270. The summed E-state index contributed by atoms with van der Waals surface area (Å²) in [5.74, 6) is -1.50. The molecule has 0 spiro atoms. The van der Waals surface area contributed by atoms with Gasteiger partial charge in [0.1, 0.15) is 0 Å². The van der Waals surface area contributed by atoms with Crippen LogP contribution in [0.4, 0.5) is 0 Å². The molecule has 0 bridgehead atoms. The average Bonchev–Trinajstić information content (AvgIpc) is 2.12. The molecule has 0 aliphatic rings. The van der Waals surface area contributed by atoms with E-state index in [9.17, 15) is 9.59 Å². The number of carbonyl (C=O) groups excluding carboxylic acids is 1. The van der Waals surface area contributed by atoms with Crippen molar-refractivity contribution in [3.63, 3.8) is 0 Å². The molecule has 5 nitrogen and oxygen atoms in total. The molecule has 84 valence electrons. The molecule has 0 saturated heterocycles. The van der Waals surface area contributed by atoms with Gasteiger partial charge in [-0.15, -0.1) is 0 Å². The second kappa shape index (κ2) is 6.82. The molecule has 2 atom stereocenters. The third-order valence-electron chi connectivity index (χ3n) is 1.88. The maximum Gasteiger partial charge on any atom is 0.303 e. The van der Waals surface area contributed by atoms with E-state index in [0.717, 1.165) is 0 Å². The number of hydrogen-bond acceptors (Lipinski definition) is 3. The van der Waals surface area contributed by atoms with E-state index < -0.39 is 5.97 Å². The van der Waals surface area contributed by atoms with Crippen molar-refractivity contribution in [3.8, 4) is 6.07 Å². The Morgan fingerprint density at radius 2 is 2.00 bits per heavy atom. The van der Waals surface area contributed by atoms with Crippen LogP contribution in [0, 0.1) is 23.2 Å². The predicted molar refractivity (Wildman–Crippen MR) is 53.8 cm³/mol. The Kier molecular flexibility index (Phi) is 6.11. The van der Waals surface area contributed by atoms with E-state index in [1.165, 1.54) is 0 Å². The van der Waals surface area contributed by atoms with Gasteiger partial charge in [-0.05, 0) is 12.8 Å². The van der Waals surface area contributed by atoms with Crippen LogP contribution in [-0.2, 0) is 9.59 Å². The van der Waals surface area contributed by atoms with Crippen LogP contribution in [0.2, 0.25) is 0 Å². The molecular weight excluding hydrogens is 196 g/mol. The summed E-state index contributed by atoms with van der Waals surface area (Å²) >= 11 is 0. The van der Waals surface area contributed by atoms with Gasteiger partial charge in [-0.25, -0.2) is 0 Å². The number of aliphatic carboxylic acids is 1. The third-order valence-corrected chi connectivity index (χ3v) is 1.88. The first-order chi connectivity index (χ1) is 6.95. The summed E-state index contributed by atoms with van der Waals surface area (Å²) in [6.07, 6.45) is 0.172. The molecule has 5 heteroatoms. The van der Waals surface area contributed by atoms with Crippen LogP contribution in [0.3, 0.4) is 0 Å². The number of amides is 1. The minimum atomic E-state index is -0.902. The molecule has 0 fully saturated rings. The lowest BCUT2D eigenvalue weighted by molar-refractivity contribution is -0.138. The molecule has 0 radical (unpaired) electrons. The largest absolute Gasteiger partial charge is 0.481 e. The highest BCUT2D eigenvalue weighted by Gasteiger charge is 2.12. The summed E-state index contributed by atoms with van der Waals surface area (Å²) in [5.41, 5.74) is 0. The topological polar surface area (TPSA) is 90.2 Å². The average molecular weight is 212 g/mol. The molecule has 2 N–H and O–H groups in total. The highest BCUT2D eigenvalue weighted by atomic mass is 16.4. The number of hydrogen-bond donors (Lipinski definition) is 2. The van der Waals surface area contributed by atoms with Crippen LogP contribution < -0.4 is 5.32 Å². The molecule has 0 aliphatic carbocycles. The maximum atomic E-state index is 11.2. The van der Waals surface area contributed by atoms with Crippen molar-refractivity contribution < 1.29 is 14.7 Å². The van der Waals surface area contributed by atoms with E-state index in [4.69, 9.17) is 10.4 Å². The number of nitrogens with zero attached hydrogens (tertiary/aromatic N) is 1. The quantitative estimate of drug-likeness (QED) is 0.680. The van der Waals surface area contributed by atoms with Gasteiger partial charge in [0.25, 0.3) is 0 Å². The number of nitrogens with one attached hydrogen (secondary N) is 1. The second-order valence-electron chi connectivity index (χ2n) is 3.74. The fourth-order valence-corrected chi connectivity index (χ4v) is 1.07. The van der Waals surface area contributed by atoms with Gasteiger partial charge in [0.15, 0.2) is 0 Å². The van der Waals surface area contributed by atoms with Crippen molar-refractivity contribution in [1.29, 1.82) is 5.26 Å². The number of carboxylic acids is 1. The standard InChI is InChI=1S/C10H16N2O3/c1-7(4-10(14)15)3-9(13)12-6-8(2)5-11/h7-8H,3-4,6H2,1-2H3,(H,12,13)(H,14,15). The lowest BCUT2D eigenvalue weighted by atomic mass is 10.0. The number of carbonyl (C=O) groups is 2. The first kappa shape index (κ1) is 13.4. The minimum Gasteiger partial charge on any atom is -0.481 e. The summed E-state index contributed by atoms with van der Waals surface area (Å²) in [6, 6.07) is 2.00. The van der Waals surface area contributed by atoms with Crippen LogP contribution in [0.1, 0.15) is 26.7 Å². The van der Waals surface area contributed by atoms with E-state index in [0.29, 0.717) is 6.54 Å². The van der Waals surface area contributed by atoms with Gasteiger partial charge < -0.3 is 10.4 Å². The monoisotopic (exact) mass is 212 g/mol. The Morgan fingerprint density at radius 1 is 1.40 bits per heavy atom. The molecule has 0 aliphatic heterocycles. The normalized spacial score (nSPS) is 13.7. The van der Waals surface area contributed by atoms with Gasteiger partial charge in [0.2, 0.25) is 5.91 Å². The highest BCUT2D eigenvalue weighted by molar-refractivity contribution is 5.77. The van der Waals surface area contributed by atoms with Crippen LogP contribution in [-0.4, -0.2) is 23.5 Å².